The van der Waals surface area contributed by atoms with Gasteiger partial charge in [-0.15, -0.1) is 0 Å². The second-order valence-electron chi connectivity index (χ2n) is 5.17. The van der Waals surface area contributed by atoms with Gasteiger partial charge < -0.3 is 10.8 Å². The minimum absolute atomic E-state index is 0.0574. The highest BCUT2D eigenvalue weighted by molar-refractivity contribution is 7.89. The number of carbonyl (C=O) groups excluding carboxylic acids is 1. The Balaban J connectivity index is 2.30. The summed E-state index contributed by atoms with van der Waals surface area (Å²) in [7, 11) is -3.67. The molecule has 0 radical (unpaired) electrons. The molecule has 1 amide bonds. The third-order valence-electron chi connectivity index (χ3n) is 3.80. The number of aliphatic hydroxyl groups excluding tert-OH is 1. The van der Waals surface area contributed by atoms with Crippen molar-refractivity contribution in [1.82, 2.24) is 4.31 Å². The first kappa shape index (κ1) is 15.9. The molecular weight excluding hydrogens is 292 g/mol. The Labute approximate surface area is 124 Å². The first-order valence-corrected chi connectivity index (χ1v) is 8.43. The molecule has 21 heavy (non-hydrogen) atoms. The van der Waals surface area contributed by atoms with Crippen LogP contribution in [0.3, 0.4) is 0 Å². The minimum atomic E-state index is -3.67. The van der Waals surface area contributed by atoms with Crippen LogP contribution in [0.1, 0.15) is 36.0 Å². The molecule has 116 valence electrons. The summed E-state index contributed by atoms with van der Waals surface area (Å²) in [6.45, 7) is -0.125. The molecule has 0 aromatic heterocycles. The zero-order valence-corrected chi connectivity index (χ0v) is 12.6. The number of primary amides is 1. The average Bonchev–Trinajstić information content (AvgIpc) is 2.98. The summed E-state index contributed by atoms with van der Waals surface area (Å²) in [5, 5.41) is 9.16. The quantitative estimate of drug-likeness (QED) is 0.808. The molecule has 1 aliphatic rings. The van der Waals surface area contributed by atoms with E-state index in [4.69, 9.17) is 10.8 Å². The molecule has 0 aliphatic heterocycles. The van der Waals surface area contributed by atoms with E-state index in [0.717, 1.165) is 25.7 Å². The lowest BCUT2D eigenvalue weighted by Crippen LogP contribution is -2.40. The van der Waals surface area contributed by atoms with E-state index in [1.54, 1.807) is 0 Å². The van der Waals surface area contributed by atoms with Crippen molar-refractivity contribution < 1.29 is 18.3 Å². The van der Waals surface area contributed by atoms with Gasteiger partial charge in [-0.05, 0) is 37.1 Å². The SMILES string of the molecule is NC(=O)c1ccc(S(=O)(=O)N(CCO)C2CCCC2)cc1. The van der Waals surface area contributed by atoms with Crippen molar-refractivity contribution in [1.29, 1.82) is 0 Å². The number of sulfonamides is 1. The lowest BCUT2D eigenvalue weighted by atomic mass is 10.2. The van der Waals surface area contributed by atoms with Gasteiger partial charge in [-0.2, -0.15) is 4.31 Å². The van der Waals surface area contributed by atoms with E-state index < -0.39 is 15.9 Å². The van der Waals surface area contributed by atoms with Crippen LogP contribution in [0.15, 0.2) is 29.2 Å². The van der Waals surface area contributed by atoms with E-state index >= 15 is 0 Å². The molecule has 6 nitrogen and oxygen atoms in total. The van der Waals surface area contributed by atoms with E-state index in [-0.39, 0.29) is 29.7 Å². The highest BCUT2D eigenvalue weighted by Gasteiger charge is 2.32. The maximum atomic E-state index is 12.7. The van der Waals surface area contributed by atoms with Crippen molar-refractivity contribution in [2.24, 2.45) is 5.73 Å². The lowest BCUT2D eigenvalue weighted by Gasteiger charge is -2.27. The fourth-order valence-corrected chi connectivity index (χ4v) is 4.39. The van der Waals surface area contributed by atoms with Crippen molar-refractivity contribution in [2.45, 2.75) is 36.6 Å². The number of nitrogens with two attached hydrogens (primary N) is 1. The number of carbonyl (C=O) groups is 1. The van der Waals surface area contributed by atoms with Crippen LogP contribution in [0.2, 0.25) is 0 Å². The lowest BCUT2D eigenvalue weighted by molar-refractivity contribution is 0.1000. The van der Waals surface area contributed by atoms with E-state index in [9.17, 15) is 13.2 Å². The Morgan fingerprint density at radius 1 is 1.24 bits per heavy atom. The predicted octanol–water partition coefficient (Wildman–Crippen LogP) is 0.711. The first-order chi connectivity index (χ1) is 9.96. The van der Waals surface area contributed by atoms with E-state index in [0.29, 0.717) is 0 Å². The monoisotopic (exact) mass is 312 g/mol. The van der Waals surface area contributed by atoms with Gasteiger partial charge in [0.2, 0.25) is 15.9 Å². The second-order valence-corrected chi connectivity index (χ2v) is 7.06. The van der Waals surface area contributed by atoms with E-state index in [1.807, 2.05) is 0 Å². The summed E-state index contributed by atoms with van der Waals surface area (Å²) < 4.78 is 26.8. The number of nitrogens with zero attached hydrogens (tertiary/aromatic N) is 1. The summed E-state index contributed by atoms with van der Waals surface area (Å²) in [5.41, 5.74) is 5.42. The molecule has 0 atom stereocenters. The van der Waals surface area contributed by atoms with Gasteiger partial charge in [0.05, 0.1) is 11.5 Å². The number of rotatable bonds is 6. The van der Waals surface area contributed by atoms with Crippen LogP contribution >= 0.6 is 0 Å². The molecule has 0 saturated heterocycles. The Morgan fingerprint density at radius 3 is 2.29 bits per heavy atom. The highest BCUT2D eigenvalue weighted by Crippen LogP contribution is 2.28. The van der Waals surface area contributed by atoms with Gasteiger partial charge in [-0.25, -0.2) is 8.42 Å². The molecule has 1 saturated carbocycles. The average molecular weight is 312 g/mol. The molecule has 1 aromatic rings. The second kappa shape index (κ2) is 6.55. The fourth-order valence-electron chi connectivity index (χ4n) is 2.72. The van der Waals surface area contributed by atoms with Gasteiger partial charge in [0, 0.05) is 18.2 Å². The summed E-state index contributed by atoms with van der Waals surface area (Å²) in [4.78, 5) is 11.2. The Morgan fingerprint density at radius 2 is 1.81 bits per heavy atom. The molecule has 0 spiro atoms. The number of aliphatic hydroxyl groups is 1. The Hall–Kier alpha value is -1.44. The largest absolute Gasteiger partial charge is 0.395 e. The van der Waals surface area contributed by atoms with Gasteiger partial charge >= 0.3 is 0 Å². The molecule has 7 heteroatoms. The normalized spacial score (nSPS) is 16.5. The van der Waals surface area contributed by atoms with Gasteiger partial charge in [0.25, 0.3) is 0 Å². The van der Waals surface area contributed by atoms with Crippen LogP contribution in [0, 0.1) is 0 Å². The van der Waals surface area contributed by atoms with Gasteiger partial charge in [0.15, 0.2) is 0 Å². The number of amides is 1. The minimum Gasteiger partial charge on any atom is -0.395 e. The van der Waals surface area contributed by atoms with E-state index in [1.165, 1.54) is 28.6 Å². The molecule has 2 rings (SSSR count). The van der Waals surface area contributed by atoms with Crippen LogP contribution < -0.4 is 5.73 Å². The molecule has 0 bridgehead atoms. The molecule has 1 aliphatic carbocycles. The van der Waals surface area contributed by atoms with E-state index in [2.05, 4.69) is 0 Å². The summed E-state index contributed by atoms with van der Waals surface area (Å²) in [6.07, 6.45) is 3.64. The Bertz CT molecular complexity index is 592. The predicted molar refractivity (Wildman–Crippen MR) is 78.2 cm³/mol. The standard InChI is InChI=1S/C14H20N2O4S/c15-14(18)11-5-7-13(8-6-11)21(19,20)16(9-10-17)12-3-1-2-4-12/h5-8,12,17H,1-4,9-10H2,(H2,15,18). The topological polar surface area (TPSA) is 101 Å². The molecular formula is C14H20N2O4S. The summed E-state index contributed by atoms with van der Waals surface area (Å²) >= 11 is 0. The van der Waals surface area contributed by atoms with Crippen molar-refractivity contribution in [3.05, 3.63) is 29.8 Å². The summed E-state index contributed by atoms with van der Waals surface area (Å²) in [6, 6.07) is 5.52. The molecule has 0 unspecified atom stereocenters. The maximum absolute atomic E-state index is 12.7. The molecule has 1 fully saturated rings. The smallest absolute Gasteiger partial charge is 0.248 e. The van der Waals surface area contributed by atoms with Gasteiger partial charge in [-0.1, -0.05) is 12.8 Å². The van der Waals surface area contributed by atoms with Crippen LogP contribution in [-0.4, -0.2) is 42.9 Å². The number of benzene rings is 1. The first-order valence-electron chi connectivity index (χ1n) is 6.99. The highest BCUT2D eigenvalue weighted by atomic mass is 32.2. The van der Waals surface area contributed by atoms with Crippen molar-refractivity contribution >= 4 is 15.9 Å². The summed E-state index contributed by atoms with van der Waals surface area (Å²) in [5.74, 6) is -0.595. The zero-order chi connectivity index (χ0) is 15.5. The fraction of sp³-hybridized carbons (Fsp3) is 0.500. The number of hydrogen-bond donors (Lipinski definition) is 2. The third-order valence-corrected chi connectivity index (χ3v) is 5.76. The van der Waals surface area contributed by atoms with Crippen molar-refractivity contribution in [3.63, 3.8) is 0 Å². The third kappa shape index (κ3) is 3.42. The number of hydrogen-bond acceptors (Lipinski definition) is 4. The van der Waals surface area contributed by atoms with Gasteiger partial charge in [-0.3, -0.25) is 4.79 Å². The van der Waals surface area contributed by atoms with Crippen LogP contribution in [0.25, 0.3) is 0 Å². The molecule has 3 N–H and O–H groups in total. The van der Waals surface area contributed by atoms with Crippen LogP contribution in [0.5, 0.6) is 0 Å². The van der Waals surface area contributed by atoms with Crippen LogP contribution in [-0.2, 0) is 10.0 Å². The van der Waals surface area contributed by atoms with Gasteiger partial charge in [0.1, 0.15) is 0 Å². The van der Waals surface area contributed by atoms with Crippen molar-refractivity contribution in [3.8, 4) is 0 Å². The van der Waals surface area contributed by atoms with Crippen LogP contribution in [0.4, 0.5) is 0 Å². The van der Waals surface area contributed by atoms with Crippen molar-refractivity contribution in [2.75, 3.05) is 13.2 Å². The molecule has 1 aromatic carbocycles. The maximum Gasteiger partial charge on any atom is 0.248 e. The molecule has 0 heterocycles. The zero-order valence-electron chi connectivity index (χ0n) is 11.7. The Kier molecular flexibility index (Phi) is 4.97.